The molecule has 188 valence electrons. The summed E-state index contributed by atoms with van der Waals surface area (Å²) in [6.07, 6.45) is 16.4. The second-order valence-corrected chi connectivity index (χ2v) is 13.7. The topological polar surface area (TPSA) is 46.9 Å². The first-order valence-corrected chi connectivity index (χ1v) is 14.8. The number of nitrogens with zero attached hydrogens (tertiary/aromatic N) is 2. The molecule has 0 aromatic heterocycles. The molecule has 2 heterocycles. The van der Waals surface area contributed by atoms with Crippen molar-refractivity contribution in [2.75, 3.05) is 26.2 Å². The van der Waals surface area contributed by atoms with Crippen LogP contribution in [0.15, 0.2) is 0 Å². The van der Waals surface area contributed by atoms with Crippen LogP contribution >= 0.6 is 0 Å². The molecule has 0 unspecified atom stereocenters. The summed E-state index contributed by atoms with van der Waals surface area (Å²) in [4.78, 5) is 5.33. The normalized spacial score (nSPS) is 53.8. The molecule has 0 amide bonds. The molecule has 6 aliphatic rings. The third kappa shape index (κ3) is 3.67. The van der Waals surface area contributed by atoms with Gasteiger partial charge in [-0.05, 0) is 131 Å². The number of aliphatic hydroxyl groups excluding tert-OH is 2. The first kappa shape index (κ1) is 23.3. The van der Waals surface area contributed by atoms with Gasteiger partial charge in [-0.25, -0.2) is 0 Å². The third-order valence-electron chi connectivity index (χ3n) is 12.4. The molecule has 0 aromatic rings. The van der Waals surface area contributed by atoms with Gasteiger partial charge >= 0.3 is 0 Å². The lowest BCUT2D eigenvalue weighted by Crippen LogP contribution is -2.60. The monoisotopic (exact) mass is 458 g/mol. The van der Waals surface area contributed by atoms with Crippen LogP contribution in [0.2, 0.25) is 0 Å². The van der Waals surface area contributed by atoms with E-state index in [0.717, 1.165) is 18.3 Å². The van der Waals surface area contributed by atoms with Crippen LogP contribution < -0.4 is 0 Å². The predicted octanol–water partition coefficient (Wildman–Crippen LogP) is 4.68. The second-order valence-electron chi connectivity index (χ2n) is 13.7. The summed E-state index contributed by atoms with van der Waals surface area (Å²) in [6.45, 7) is 9.88. The van der Waals surface area contributed by atoms with Crippen LogP contribution in [-0.4, -0.2) is 70.5 Å². The van der Waals surface area contributed by atoms with E-state index in [0.29, 0.717) is 29.3 Å². The van der Waals surface area contributed by atoms with E-state index in [1.165, 1.54) is 103 Å². The SMILES string of the molecule is C[C@]12C[C@H](N3CCCCC3)[C@H](O)C[C@H]1CC[C@@H]1[C@@H]2CC[C@]2(C)[C@H](O)[C@@H](N3CCCCC3)C[C@@H]12. The lowest BCUT2D eigenvalue weighted by atomic mass is 9.44. The molecule has 6 fully saturated rings. The van der Waals surface area contributed by atoms with Crippen molar-refractivity contribution in [1.82, 2.24) is 9.80 Å². The Labute approximate surface area is 202 Å². The summed E-state index contributed by atoms with van der Waals surface area (Å²) < 4.78 is 0. The average Bonchev–Trinajstić information content (AvgIpc) is 3.11. The maximum Gasteiger partial charge on any atom is 0.0751 e. The van der Waals surface area contributed by atoms with Crippen molar-refractivity contribution in [3.8, 4) is 0 Å². The molecular weight excluding hydrogens is 408 g/mol. The lowest BCUT2D eigenvalue weighted by Gasteiger charge is -2.62. The molecule has 4 saturated carbocycles. The summed E-state index contributed by atoms with van der Waals surface area (Å²) in [5, 5.41) is 22.8. The summed E-state index contributed by atoms with van der Waals surface area (Å²) >= 11 is 0. The number of hydrogen-bond donors (Lipinski definition) is 2. The van der Waals surface area contributed by atoms with Crippen molar-refractivity contribution < 1.29 is 10.2 Å². The fraction of sp³-hybridized carbons (Fsp3) is 1.00. The van der Waals surface area contributed by atoms with E-state index in [9.17, 15) is 10.2 Å². The molecule has 33 heavy (non-hydrogen) atoms. The van der Waals surface area contributed by atoms with Crippen LogP contribution in [-0.2, 0) is 0 Å². The Morgan fingerprint density at radius 1 is 0.667 bits per heavy atom. The molecule has 0 aromatic carbocycles. The molecule has 4 aliphatic carbocycles. The quantitative estimate of drug-likeness (QED) is 0.631. The summed E-state index contributed by atoms with van der Waals surface area (Å²) in [5.74, 6) is 2.97. The highest BCUT2D eigenvalue weighted by Crippen LogP contribution is 2.66. The number of piperidine rings is 2. The Morgan fingerprint density at radius 3 is 1.97 bits per heavy atom. The van der Waals surface area contributed by atoms with Gasteiger partial charge in [0.05, 0.1) is 12.2 Å². The van der Waals surface area contributed by atoms with E-state index in [4.69, 9.17) is 0 Å². The number of rotatable bonds is 2. The van der Waals surface area contributed by atoms with Gasteiger partial charge in [-0.1, -0.05) is 26.7 Å². The molecule has 2 saturated heterocycles. The maximum atomic E-state index is 11.6. The average molecular weight is 459 g/mol. The molecular formula is C29H50N2O2. The summed E-state index contributed by atoms with van der Waals surface area (Å²) in [6, 6.07) is 0.785. The van der Waals surface area contributed by atoms with Gasteiger partial charge in [0.25, 0.3) is 0 Å². The van der Waals surface area contributed by atoms with E-state index in [1.807, 2.05) is 0 Å². The van der Waals surface area contributed by atoms with E-state index in [-0.39, 0.29) is 17.6 Å². The van der Waals surface area contributed by atoms with Crippen LogP contribution in [0.3, 0.4) is 0 Å². The molecule has 2 aliphatic heterocycles. The summed E-state index contributed by atoms with van der Waals surface area (Å²) in [5.41, 5.74) is 0.493. The smallest absolute Gasteiger partial charge is 0.0751 e. The zero-order valence-electron chi connectivity index (χ0n) is 21.4. The molecule has 4 heteroatoms. The fourth-order valence-electron chi connectivity index (χ4n) is 10.5. The van der Waals surface area contributed by atoms with Gasteiger partial charge in [0.2, 0.25) is 0 Å². The van der Waals surface area contributed by atoms with Gasteiger partial charge in [0.15, 0.2) is 0 Å². The van der Waals surface area contributed by atoms with Crippen molar-refractivity contribution in [2.45, 2.75) is 122 Å². The molecule has 0 bridgehead atoms. The largest absolute Gasteiger partial charge is 0.391 e. The van der Waals surface area contributed by atoms with Crippen LogP contribution in [0.5, 0.6) is 0 Å². The van der Waals surface area contributed by atoms with E-state index >= 15 is 0 Å². The van der Waals surface area contributed by atoms with E-state index < -0.39 is 0 Å². The van der Waals surface area contributed by atoms with Gasteiger partial charge in [0.1, 0.15) is 0 Å². The molecule has 0 radical (unpaired) electrons. The minimum absolute atomic E-state index is 0.118. The molecule has 10 atom stereocenters. The van der Waals surface area contributed by atoms with Crippen molar-refractivity contribution in [2.24, 2.45) is 34.5 Å². The van der Waals surface area contributed by atoms with Crippen molar-refractivity contribution in [3.05, 3.63) is 0 Å². The molecule has 2 N–H and O–H groups in total. The number of fused-ring (bicyclic) bond motifs is 5. The van der Waals surface area contributed by atoms with Crippen LogP contribution in [0, 0.1) is 34.5 Å². The molecule has 4 nitrogen and oxygen atoms in total. The number of aliphatic hydroxyl groups is 2. The lowest BCUT2D eigenvalue weighted by molar-refractivity contribution is -0.154. The summed E-state index contributed by atoms with van der Waals surface area (Å²) in [7, 11) is 0. The maximum absolute atomic E-state index is 11.6. The number of hydrogen-bond acceptors (Lipinski definition) is 4. The van der Waals surface area contributed by atoms with Crippen LogP contribution in [0.4, 0.5) is 0 Å². The first-order valence-electron chi connectivity index (χ1n) is 14.8. The minimum Gasteiger partial charge on any atom is -0.391 e. The second kappa shape index (κ2) is 8.75. The predicted molar refractivity (Wildman–Crippen MR) is 133 cm³/mol. The zero-order chi connectivity index (χ0) is 22.8. The Morgan fingerprint density at radius 2 is 1.30 bits per heavy atom. The highest BCUT2D eigenvalue weighted by molar-refractivity contribution is 5.14. The zero-order valence-corrected chi connectivity index (χ0v) is 21.4. The van der Waals surface area contributed by atoms with Gasteiger partial charge in [-0.2, -0.15) is 0 Å². The Bertz CT molecular complexity index is 704. The number of likely N-dealkylation sites (tertiary alicyclic amines) is 2. The highest BCUT2D eigenvalue weighted by Gasteiger charge is 2.63. The minimum atomic E-state index is -0.138. The first-order chi connectivity index (χ1) is 15.9. The van der Waals surface area contributed by atoms with Gasteiger partial charge in [-0.15, -0.1) is 0 Å². The molecule has 0 spiro atoms. The van der Waals surface area contributed by atoms with Crippen molar-refractivity contribution in [3.63, 3.8) is 0 Å². The highest BCUT2D eigenvalue weighted by atomic mass is 16.3. The van der Waals surface area contributed by atoms with Gasteiger partial charge in [0, 0.05) is 12.1 Å². The Balaban J connectivity index is 1.24. The van der Waals surface area contributed by atoms with Crippen molar-refractivity contribution >= 4 is 0 Å². The van der Waals surface area contributed by atoms with Crippen LogP contribution in [0.1, 0.15) is 97.3 Å². The van der Waals surface area contributed by atoms with E-state index in [2.05, 4.69) is 23.6 Å². The van der Waals surface area contributed by atoms with Crippen LogP contribution in [0.25, 0.3) is 0 Å². The fourth-order valence-corrected chi connectivity index (χ4v) is 10.5. The molecule has 6 rings (SSSR count). The standard InChI is InChI=1S/C29H50N2O2/c1-28-12-11-22-21(23(28)18-24(27(28)33)30-13-5-3-6-14-30)10-9-20-17-26(32)25(19-29(20,22)2)31-15-7-4-8-16-31/h20-27,32-33H,3-19H2,1-2H3/t20-,21-,22+,23+,24+,25+,26-,27-,28+,29+/m1/s1. The van der Waals surface area contributed by atoms with Gasteiger partial charge < -0.3 is 10.2 Å². The Hall–Kier alpha value is -0.160. The van der Waals surface area contributed by atoms with Gasteiger partial charge in [-0.3, -0.25) is 9.80 Å². The van der Waals surface area contributed by atoms with Crippen molar-refractivity contribution in [1.29, 1.82) is 0 Å². The Kier molecular flexibility index (Phi) is 6.16. The van der Waals surface area contributed by atoms with E-state index in [1.54, 1.807) is 0 Å². The third-order valence-corrected chi connectivity index (χ3v) is 12.4.